The van der Waals surface area contributed by atoms with Crippen molar-refractivity contribution in [3.8, 4) is 0 Å². The van der Waals surface area contributed by atoms with Gasteiger partial charge in [0, 0.05) is 36.0 Å². The molecule has 0 bridgehead atoms. The third kappa shape index (κ3) is 3.48. The number of carbonyl (C=O) groups excluding carboxylic acids is 1. The average molecular weight is 371 g/mol. The summed E-state index contributed by atoms with van der Waals surface area (Å²) in [7, 11) is 0.983. The Morgan fingerprint density at radius 3 is 2.72 bits per heavy atom. The molecule has 1 aliphatic rings. The Morgan fingerprint density at radius 1 is 1.28 bits per heavy atom. The van der Waals surface area contributed by atoms with E-state index in [-0.39, 0.29) is 11.5 Å². The van der Waals surface area contributed by atoms with Crippen molar-refractivity contribution in [2.24, 2.45) is 0 Å². The predicted octanol–water partition coefficient (Wildman–Crippen LogP) is 4.19. The molecule has 0 aliphatic carbocycles. The molecule has 0 spiro atoms. The number of methoxy groups -OCH3 is 1. The number of anilines is 1. The van der Waals surface area contributed by atoms with Gasteiger partial charge in [0.2, 0.25) is 0 Å². The van der Waals surface area contributed by atoms with E-state index in [1.807, 2.05) is 0 Å². The second-order valence-electron chi connectivity index (χ2n) is 5.64. The summed E-state index contributed by atoms with van der Waals surface area (Å²) in [5, 5.41) is 0.539. The zero-order valence-electron chi connectivity index (χ0n) is 13.2. The van der Waals surface area contributed by atoms with Crippen LogP contribution in [0.5, 0.6) is 0 Å². The standard InChI is InChI=1S/C17H14ClF3N2O2/c1-25-15(17(19,20)21)11-7-13(9-22-8-11)23-5-4-10-6-12(18)2-3-14(10)16(23)24/h2-3,6-9,15H,4-5H2,1H3. The minimum atomic E-state index is -4.57. The second-order valence-corrected chi connectivity index (χ2v) is 6.08. The van der Waals surface area contributed by atoms with Crippen LogP contribution in [0.1, 0.15) is 27.6 Å². The van der Waals surface area contributed by atoms with E-state index in [1.165, 1.54) is 17.2 Å². The Labute approximate surface area is 147 Å². The third-order valence-corrected chi connectivity index (χ3v) is 4.28. The smallest absolute Gasteiger partial charge is 0.367 e. The average Bonchev–Trinajstić information content (AvgIpc) is 2.54. The van der Waals surface area contributed by atoms with Gasteiger partial charge in [0.15, 0.2) is 6.10 Å². The molecule has 1 aliphatic heterocycles. The number of amides is 1. The van der Waals surface area contributed by atoms with Crippen molar-refractivity contribution in [1.82, 2.24) is 4.98 Å². The van der Waals surface area contributed by atoms with Gasteiger partial charge in [-0.05, 0) is 36.2 Å². The number of rotatable bonds is 3. The van der Waals surface area contributed by atoms with E-state index >= 15 is 0 Å². The van der Waals surface area contributed by atoms with Gasteiger partial charge < -0.3 is 9.64 Å². The number of ether oxygens (including phenoxy) is 1. The quantitative estimate of drug-likeness (QED) is 0.813. The lowest BCUT2D eigenvalue weighted by Crippen LogP contribution is -2.37. The SMILES string of the molecule is COC(c1cncc(N2CCc3cc(Cl)ccc3C2=O)c1)C(F)(F)F. The van der Waals surface area contributed by atoms with E-state index < -0.39 is 12.3 Å². The molecule has 132 valence electrons. The Morgan fingerprint density at radius 2 is 2.04 bits per heavy atom. The molecule has 4 nitrogen and oxygen atoms in total. The van der Waals surface area contributed by atoms with Crippen LogP contribution in [-0.2, 0) is 11.2 Å². The minimum absolute atomic E-state index is 0.151. The van der Waals surface area contributed by atoms with Gasteiger partial charge in [-0.1, -0.05) is 11.6 Å². The molecular formula is C17H14ClF3N2O2. The van der Waals surface area contributed by atoms with Gasteiger partial charge in [-0.2, -0.15) is 13.2 Å². The van der Waals surface area contributed by atoms with Gasteiger partial charge in [-0.25, -0.2) is 0 Å². The number of aromatic nitrogens is 1. The molecule has 2 aromatic rings. The Balaban J connectivity index is 1.94. The number of alkyl halides is 3. The fraction of sp³-hybridized carbons (Fsp3) is 0.294. The molecule has 0 saturated carbocycles. The highest BCUT2D eigenvalue weighted by Gasteiger charge is 2.41. The van der Waals surface area contributed by atoms with Crippen molar-refractivity contribution in [3.63, 3.8) is 0 Å². The molecule has 1 amide bonds. The van der Waals surface area contributed by atoms with Crippen LogP contribution < -0.4 is 4.90 Å². The maximum Gasteiger partial charge on any atom is 0.418 e. The van der Waals surface area contributed by atoms with Crippen molar-refractivity contribution in [1.29, 1.82) is 0 Å². The van der Waals surface area contributed by atoms with E-state index in [9.17, 15) is 18.0 Å². The molecule has 0 saturated heterocycles. The summed E-state index contributed by atoms with van der Waals surface area (Å²) in [4.78, 5) is 17.9. The number of benzene rings is 1. The van der Waals surface area contributed by atoms with E-state index in [2.05, 4.69) is 9.72 Å². The van der Waals surface area contributed by atoms with Gasteiger partial charge in [-0.3, -0.25) is 9.78 Å². The monoisotopic (exact) mass is 370 g/mol. The highest BCUT2D eigenvalue weighted by Crippen LogP contribution is 2.36. The van der Waals surface area contributed by atoms with Gasteiger partial charge >= 0.3 is 6.18 Å². The summed E-state index contributed by atoms with van der Waals surface area (Å²) < 4.78 is 43.7. The van der Waals surface area contributed by atoms with Crippen molar-refractivity contribution in [2.45, 2.75) is 18.7 Å². The van der Waals surface area contributed by atoms with E-state index in [0.717, 1.165) is 18.9 Å². The highest BCUT2D eigenvalue weighted by molar-refractivity contribution is 6.30. The molecule has 1 aromatic heterocycles. The van der Waals surface area contributed by atoms with Crippen LogP contribution >= 0.6 is 11.6 Å². The number of hydrogen-bond donors (Lipinski definition) is 0. The summed E-state index contributed by atoms with van der Waals surface area (Å²) in [5.41, 5.74) is 1.46. The van der Waals surface area contributed by atoms with Gasteiger partial charge in [0.05, 0.1) is 11.9 Å². The highest BCUT2D eigenvalue weighted by atomic mass is 35.5. The first-order valence-electron chi connectivity index (χ1n) is 7.46. The molecule has 2 heterocycles. The number of hydrogen-bond acceptors (Lipinski definition) is 3. The van der Waals surface area contributed by atoms with E-state index in [4.69, 9.17) is 11.6 Å². The molecule has 3 rings (SSSR count). The number of carbonyl (C=O) groups is 1. The van der Waals surface area contributed by atoms with Crippen LogP contribution in [0, 0.1) is 0 Å². The molecule has 1 atom stereocenters. The van der Waals surface area contributed by atoms with Crippen molar-refractivity contribution < 1.29 is 22.7 Å². The molecule has 0 radical (unpaired) electrons. The number of halogens is 4. The summed E-state index contributed by atoms with van der Waals surface area (Å²) >= 11 is 5.94. The van der Waals surface area contributed by atoms with Gasteiger partial charge in [0.25, 0.3) is 5.91 Å². The third-order valence-electron chi connectivity index (χ3n) is 4.04. The van der Waals surface area contributed by atoms with Crippen molar-refractivity contribution in [3.05, 3.63) is 58.4 Å². The number of fused-ring (bicyclic) bond motifs is 1. The maximum absolute atomic E-state index is 13.0. The summed E-state index contributed by atoms with van der Waals surface area (Å²) in [6, 6.07) is 6.25. The summed E-state index contributed by atoms with van der Waals surface area (Å²) in [6.45, 7) is 0.334. The first-order chi connectivity index (χ1) is 11.8. The van der Waals surface area contributed by atoms with Crippen LogP contribution in [-0.4, -0.2) is 30.7 Å². The molecule has 25 heavy (non-hydrogen) atoms. The largest absolute Gasteiger partial charge is 0.418 e. The predicted molar refractivity (Wildman–Crippen MR) is 86.9 cm³/mol. The van der Waals surface area contributed by atoms with Crippen LogP contribution in [0.25, 0.3) is 0 Å². The lowest BCUT2D eigenvalue weighted by atomic mass is 9.98. The fourth-order valence-electron chi connectivity index (χ4n) is 2.90. The van der Waals surface area contributed by atoms with E-state index in [1.54, 1.807) is 18.2 Å². The maximum atomic E-state index is 13.0. The Bertz CT molecular complexity index is 811. The minimum Gasteiger partial charge on any atom is -0.367 e. The summed E-state index contributed by atoms with van der Waals surface area (Å²) in [6.07, 6.45) is -3.65. The molecule has 1 aromatic carbocycles. The normalized spacial score (nSPS) is 15.9. The Kier molecular flexibility index (Phi) is 4.71. The molecule has 0 fully saturated rings. The topological polar surface area (TPSA) is 42.4 Å². The molecule has 0 N–H and O–H groups in total. The van der Waals surface area contributed by atoms with Gasteiger partial charge in [0.1, 0.15) is 0 Å². The first kappa shape index (κ1) is 17.7. The van der Waals surface area contributed by atoms with Crippen LogP contribution in [0.2, 0.25) is 5.02 Å². The zero-order chi connectivity index (χ0) is 18.2. The second kappa shape index (κ2) is 6.65. The van der Waals surface area contributed by atoms with Crippen molar-refractivity contribution in [2.75, 3.05) is 18.6 Å². The van der Waals surface area contributed by atoms with Crippen LogP contribution in [0.15, 0.2) is 36.7 Å². The first-order valence-corrected chi connectivity index (χ1v) is 7.84. The zero-order valence-corrected chi connectivity index (χ0v) is 13.9. The van der Waals surface area contributed by atoms with Gasteiger partial charge in [-0.15, -0.1) is 0 Å². The van der Waals surface area contributed by atoms with Crippen LogP contribution in [0.3, 0.4) is 0 Å². The number of pyridine rings is 1. The molecule has 1 unspecified atom stereocenters. The van der Waals surface area contributed by atoms with E-state index in [0.29, 0.717) is 29.2 Å². The molecule has 8 heteroatoms. The molecular weight excluding hydrogens is 357 g/mol. The van der Waals surface area contributed by atoms with Crippen LogP contribution in [0.4, 0.5) is 18.9 Å². The van der Waals surface area contributed by atoms with Crippen molar-refractivity contribution >= 4 is 23.2 Å². The lowest BCUT2D eigenvalue weighted by molar-refractivity contribution is -0.216. The summed E-state index contributed by atoms with van der Waals surface area (Å²) in [5.74, 6) is -0.294. The Hall–Kier alpha value is -2.12. The lowest BCUT2D eigenvalue weighted by Gasteiger charge is -2.29. The number of nitrogens with zero attached hydrogens (tertiary/aromatic N) is 2. The fourth-order valence-corrected chi connectivity index (χ4v) is 3.09.